The van der Waals surface area contributed by atoms with E-state index in [1.54, 1.807) is 6.26 Å². The van der Waals surface area contributed by atoms with Gasteiger partial charge in [0.1, 0.15) is 36.7 Å². The van der Waals surface area contributed by atoms with Crippen LogP contribution in [0.25, 0.3) is 11.5 Å². The zero-order valence-electron chi connectivity index (χ0n) is 19.4. The largest absolute Gasteiger partial charge is 0.489 e. The second-order valence-electron chi connectivity index (χ2n) is 8.28. The molecule has 0 aliphatic carbocycles. The first kappa shape index (κ1) is 22.5. The molecule has 0 aliphatic heterocycles. The van der Waals surface area contributed by atoms with Crippen molar-refractivity contribution in [1.82, 2.24) is 14.5 Å². The Kier molecular flexibility index (Phi) is 7.19. The number of nitrogens with zero attached hydrogens (tertiary/aromatic N) is 3. The Balaban J connectivity index is 1.09. The Hall–Kier alpha value is -4.32. The van der Waals surface area contributed by atoms with Gasteiger partial charge in [0.2, 0.25) is 5.89 Å². The Morgan fingerprint density at radius 2 is 1.51 bits per heavy atom. The summed E-state index contributed by atoms with van der Waals surface area (Å²) in [6.45, 7) is 1.85. The molecule has 0 spiro atoms. The fraction of sp³-hybridized carbons (Fsp3) is 0.172. The third-order valence-electron chi connectivity index (χ3n) is 5.65. The van der Waals surface area contributed by atoms with Gasteiger partial charge in [-0.15, -0.1) is 0 Å². The average Bonchev–Trinajstić information content (AvgIpc) is 3.61. The van der Waals surface area contributed by atoms with Crippen LogP contribution >= 0.6 is 0 Å². The molecular weight excluding hydrogens is 438 g/mol. The summed E-state index contributed by atoms with van der Waals surface area (Å²) in [5.74, 6) is 2.18. The molecular formula is C29H27N3O3. The van der Waals surface area contributed by atoms with Gasteiger partial charge in [0, 0.05) is 24.5 Å². The van der Waals surface area contributed by atoms with Gasteiger partial charge in [-0.2, -0.15) is 0 Å². The summed E-state index contributed by atoms with van der Waals surface area (Å²) in [6, 6.07) is 26.1. The quantitative estimate of drug-likeness (QED) is 0.228. The number of hydrogen-bond acceptors (Lipinski definition) is 5. The molecule has 0 unspecified atom stereocenters. The number of aromatic nitrogens is 3. The summed E-state index contributed by atoms with van der Waals surface area (Å²) < 4.78 is 19.5. The number of benzene rings is 3. The van der Waals surface area contributed by atoms with Crippen LogP contribution in [0.1, 0.15) is 23.2 Å². The molecule has 6 nitrogen and oxygen atoms in total. The highest BCUT2D eigenvalue weighted by molar-refractivity contribution is 5.54. The van der Waals surface area contributed by atoms with Crippen molar-refractivity contribution in [3.63, 3.8) is 0 Å². The molecule has 176 valence electrons. The number of ether oxygens (including phenoxy) is 2. The number of oxazole rings is 1. The van der Waals surface area contributed by atoms with Crippen molar-refractivity contribution in [2.24, 2.45) is 0 Å². The topological polar surface area (TPSA) is 62.3 Å². The maximum absolute atomic E-state index is 5.90. The molecule has 0 N–H and O–H groups in total. The van der Waals surface area contributed by atoms with Gasteiger partial charge in [-0.1, -0.05) is 42.5 Å². The lowest BCUT2D eigenvalue weighted by Crippen LogP contribution is -1.98. The molecule has 2 aromatic heterocycles. The van der Waals surface area contributed by atoms with E-state index in [0.717, 1.165) is 47.7 Å². The van der Waals surface area contributed by atoms with Gasteiger partial charge in [-0.05, 0) is 60.4 Å². The summed E-state index contributed by atoms with van der Waals surface area (Å²) in [7, 11) is 0. The summed E-state index contributed by atoms with van der Waals surface area (Å²) in [5, 5.41) is 0. The minimum Gasteiger partial charge on any atom is -0.489 e. The number of imidazole rings is 1. The van der Waals surface area contributed by atoms with Gasteiger partial charge in [0.05, 0.1) is 6.33 Å². The normalized spacial score (nSPS) is 10.9. The molecule has 0 atom stereocenters. The maximum Gasteiger partial charge on any atom is 0.226 e. The van der Waals surface area contributed by atoms with E-state index in [1.165, 1.54) is 5.56 Å². The Morgan fingerprint density at radius 3 is 2.26 bits per heavy atom. The molecule has 0 amide bonds. The van der Waals surface area contributed by atoms with Crippen LogP contribution in [-0.2, 0) is 26.2 Å². The van der Waals surface area contributed by atoms with Gasteiger partial charge in [0.25, 0.3) is 0 Å². The van der Waals surface area contributed by atoms with E-state index < -0.39 is 0 Å². The lowest BCUT2D eigenvalue weighted by Gasteiger charge is -2.07. The smallest absolute Gasteiger partial charge is 0.226 e. The number of hydrogen-bond donors (Lipinski definition) is 0. The molecule has 2 heterocycles. The molecule has 5 rings (SSSR count). The molecule has 3 aromatic carbocycles. The SMILES string of the molecule is c1ccc(COc2ccc(-c3nc(COc4ccc(CCCn5ccnc5)cc4)co3)cc2)cc1. The van der Waals surface area contributed by atoms with Crippen LogP contribution in [0.2, 0.25) is 0 Å². The highest BCUT2D eigenvalue weighted by Gasteiger charge is 2.08. The van der Waals surface area contributed by atoms with Gasteiger partial charge in [0.15, 0.2) is 0 Å². The van der Waals surface area contributed by atoms with E-state index >= 15 is 0 Å². The fourth-order valence-electron chi connectivity index (χ4n) is 3.73. The highest BCUT2D eigenvalue weighted by atomic mass is 16.5. The lowest BCUT2D eigenvalue weighted by molar-refractivity contribution is 0.301. The summed E-state index contributed by atoms with van der Waals surface area (Å²) in [6.07, 6.45) is 9.37. The fourth-order valence-corrected chi connectivity index (χ4v) is 3.73. The molecule has 0 aliphatic rings. The predicted molar refractivity (Wildman–Crippen MR) is 134 cm³/mol. The lowest BCUT2D eigenvalue weighted by atomic mass is 10.1. The van der Waals surface area contributed by atoms with E-state index in [0.29, 0.717) is 19.1 Å². The van der Waals surface area contributed by atoms with Crippen LogP contribution in [0.3, 0.4) is 0 Å². The van der Waals surface area contributed by atoms with E-state index in [9.17, 15) is 0 Å². The summed E-state index contributed by atoms with van der Waals surface area (Å²) >= 11 is 0. The van der Waals surface area contributed by atoms with Crippen molar-refractivity contribution in [3.8, 4) is 23.0 Å². The third-order valence-corrected chi connectivity index (χ3v) is 5.65. The van der Waals surface area contributed by atoms with E-state index in [1.807, 2.05) is 85.5 Å². The van der Waals surface area contributed by atoms with Crippen LogP contribution < -0.4 is 9.47 Å². The van der Waals surface area contributed by atoms with Crippen molar-refractivity contribution < 1.29 is 13.9 Å². The number of rotatable bonds is 11. The van der Waals surface area contributed by atoms with Crippen molar-refractivity contribution in [2.75, 3.05) is 0 Å². The Morgan fingerprint density at radius 1 is 0.771 bits per heavy atom. The highest BCUT2D eigenvalue weighted by Crippen LogP contribution is 2.23. The van der Waals surface area contributed by atoms with Crippen molar-refractivity contribution in [3.05, 3.63) is 121 Å². The van der Waals surface area contributed by atoms with Crippen LogP contribution in [-0.4, -0.2) is 14.5 Å². The Labute approximate surface area is 204 Å². The first-order valence-corrected chi connectivity index (χ1v) is 11.7. The van der Waals surface area contributed by atoms with Crippen LogP contribution in [0, 0.1) is 0 Å². The number of aryl methyl sites for hydroxylation is 2. The van der Waals surface area contributed by atoms with E-state index in [2.05, 4.69) is 26.7 Å². The van der Waals surface area contributed by atoms with Gasteiger partial charge < -0.3 is 18.5 Å². The standard InChI is InChI=1S/C29H27N3O3/c1-2-5-24(6-3-1)19-33-28-14-10-25(11-15-28)29-31-26(21-35-29)20-34-27-12-8-23(9-13-27)7-4-17-32-18-16-30-22-32/h1-3,5-6,8-16,18,21-22H,4,7,17,19-20H2. The predicted octanol–water partition coefficient (Wildman–Crippen LogP) is 6.33. The molecule has 0 bridgehead atoms. The Bertz CT molecular complexity index is 1300. The summed E-state index contributed by atoms with van der Waals surface area (Å²) in [5.41, 5.74) is 4.06. The van der Waals surface area contributed by atoms with E-state index in [-0.39, 0.29) is 0 Å². The van der Waals surface area contributed by atoms with Crippen molar-refractivity contribution >= 4 is 0 Å². The van der Waals surface area contributed by atoms with Gasteiger partial charge >= 0.3 is 0 Å². The second kappa shape index (κ2) is 11.2. The maximum atomic E-state index is 5.90. The molecule has 0 radical (unpaired) electrons. The van der Waals surface area contributed by atoms with Crippen molar-refractivity contribution in [2.45, 2.75) is 32.6 Å². The third kappa shape index (κ3) is 6.38. The van der Waals surface area contributed by atoms with Crippen LogP contribution in [0.4, 0.5) is 0 Å². The molecule has 5 aromatic rings. The monoisotopic (exact) mass is 465 g/mol. The minimum absolute atomic E-state index is 0.349. The molecule has 0 saturated heterocycles. The van der Waals surface area contributed by atoms with Crippen molar-refractivity contribution in [1.29, 1.82) is 0 Å². The molecule has 6 heteroatoms. The first-order valence-electron chi connectivity index (χ1n) is 11.7. The average molecular weight is 466 g/mol. The second-order valence-corrected chi connectivity index (χ2v) is 8.28. The van der Waals surface area contributed by atoms with Gasteiger partial charge in [-0.3, -0.25) is 0 Å². The zero-order chi connectivity index (χ0) is 23.7. The molecule has 0 fully saturated rings. The summed E-state index contributed by atoms with van der Waals surface area (Å²) in [4.78, 5) is 8.63. The first-order chi connectivity index (χ1) is 17.3. The van der Waals surface area contributed by atoms with Crippen LogP contribution in [0.15, 0.2) is 108 Å². The molecule has 0 saturated carbocycles. The van der Waals surface area contributed by atoms with E-state index in [4.69, 9.17) is 13.9 Å². The van der Waals surface area contributed by atoms with Gasteiger partial charge in [-0.25, -0.2) is 9.97 Å². The molecule has 35 heavy (non-hydrogen) atoms. The minimum atomic E-state index is 0.349. The zero-order valence-corrected chi connectivity index (χ0v) is 19.4. The van der Waals surface area contributed by atoms with Crippen LogP contribution in [0.5, 0.6) is 11.5 Å².